The number of rotatable bonds is 10. The summed E-state index contributed by atoms with van der Waals surface area (Å²) in [5.74, 6) is -0.747. The average molecular weight is 565 g/mol. The van der Waals surface area contributed by atoms with Crippen molar-refractivity contribution >= 4 is 46.9 Å². The third-order valence-corrected chi connectivity index (χ3v) is 6.28. The number of imide groups is 1. The number of aryl methyl sites for hydroxylation is 1. The number of non-ortho nitro benzene ring substituents is 1. The number of benzene rings is 3. The highest BCUT2D eigenvalue weighted by Crippen LogP contribution is 2.38. The van der Waals surface area contributed by atoms with Gasteiger partial charge in [0, 0.05) is 17.8 Å². The van der Waals surface area contributed by atoms with E-state index in [4.69, 9.17) is 21.1 Å². The smallest absolute Gasteiger partial charge is 0.329 e. The molecule has 0 unspecified atom stereocenters. The Balaban J connectivity index is 1.47. The van der Waals surface area contributed by atoms with Crippen LogP contribution in [0.3, 0.4) is 0 Å². The number of nitrogens with one attached hydrogen (secondary N) is 2. The first-order valence-electron chi connectivity index (χ1n) is 12.2. The van der Waals surface area contributed by atoms with Gasteiger partial charge in [-0.3, -0.25) is 19.7 Å². The van der Waals surface area contributed by atoms with Crippen molar-refractivity contribution in [3.05, 3.63) is 98.2 Å². The monoisotopic (exact) mass is 564 g/mol. The molecule has 1 heterocycles. The summed E-state index contributed by atoms with van der Waals surface area (Å²) < 4.78 is 11.2. The number of nitrogens with zero attached hydrogens (tertiary/aromatic N) is 2. The number of halogens is 1. The minimum atomic E-state index is -0.731. The van der Waals surface area contributed by atoms with E-state index in [1.54, 1.807) is 30.3 Å². The molecule has 4 amide bonds. The van der Waals surface area contributed by atoms with Crippen molar-refractivity contribution < 1.29 is 28.8 Å². The predicted octanol–water partition coefficient (Wildman–Crippen LogP) is 4.93. The molecular formula is C28H25ClN4O7. The number of amides is 4. The van der Waals surface area contributed by atoms with Gasteiger partial charge in [-0.15, -0.1) is 0 Å². The van der Waals surface area contributed by atoms with Gasteiger partial charge in [0.2, 0.25) is 5.91 Å². The maximum absolute atomic E-state index is 12.9. The summed E-state index contributed by atoms with van der Waals surface area (Å²) in [5.41, 5.74) is 2.41. The largest absolute Gasteiger partial charge is 0.493 e. The lowest BCUT2D eigenvalue weighted by molar-refractivity contribution is -0.384. The molecule has 0 aromatic heterocycles. The molecule has 4 rings (SSSR count). The van der Waals surface area contributed by atoms with Gasteiger partial charge in [-0.2, -0.15) is 0 Å². The highest BCUT2D eigenvalue weighted by atomic mass is 35.5. The molecule has 0 saturated carbocycles. The molecule has 0 bridgehead atoms. The van der Waals surface area contributed by atoms with Crippen LogP contribution in [-0.4, -0.2) is 41.3 Å². The zero-order valence-corrected chi connectivity index (χ0v) is 22.4. The van der Waals surface area contributed by atoms with Crippen molar-refractivity contribution in [3.8, 4) is 11.5 Å². The molecule has 1 aliphatic rings. The van der Waals surface area contributed by atoms with Crippen molar-refractivity contribution in [3.63, 3.8) is 0 Å². The van der Waals surface area contributed by atoms with E-state index in [0.29, 0.717) is 23.2 Å². The summed E-state index contributed by atoms with van der Waals surface area (Å²) in [5, 5.41) is 16.4. The molecule has 0 radical (unpaired) electrons. The highest BCUT2D eigenvalue weighted by molar-refractivity contribution is 6.32. The first-order valence-corrected chi connectivity index (χ1v) is 12.5. The number of methoxy groups -OCH3 is 1. The van der Waals surface area contributed by atoms with E-state index in [1.165, 1.54) is 31.4 Å². The second-order valence-electron chi connectivity index (χ2n) is 8.69. The summed E-state index contributed by atoms with van der Waals surface area (Å²) in [4.78, 5) is 49.3. The number of anilines is 1. The van der Waals surface area contributed by atoms with Gasteiger partial charge in [0.1, 0.15) is 18.8 Å². The number of hydrogen-bond acceptors (Lipinski definition) is 7. The van der Waals surface area contributed by atoms with Crippen LogP contribution in [0.15, 0.2) is 66.4 Å². The third-order valence-electron chi connectivity index (χ3n) is 6.00. The van der Waals surface area contributed by atoms with E-state index in [9.17, 15) is 24.5 Å². The Bertz CT molecular complexity index is 1520. The first kappa shape index (κ1) is 28.1. The fourth-order valence-electron chi connectivity index (χ4n) is 4.04. The molecule has 3 aromatic carbocycles. The molecule has 1 saturated heterocycles. The van der Waals surface area contributed by atoms with Crippen LogP contribution < -0.4 is 20.1 Å². The summed E-state index contributed by atoms with van der Waals surface area (Å²) in [6.07, 6.45) is 2.11. The summed E-state index contributed by atoms with van der Waals surface area (Å²) in [6.45, 7) is 1.48. The van der Waals surface area contributed by atoms with E-state index in [2.05, 4.69) is 10.6 Å². The Morgan fingerprint density at radius 1 is 1.15 bits per heavy atom. The number of hydrogen-bond donors (Lipinski definition) is 2. The molecular weight excluding hydrogens is 540 g/mol. The van der Waals surface area contributed by atoms with Crippen LogP contribution in [0.2, 0.25) is 5.02 Å². The Labute approximate surface area is 234 Å². The van der Waals surface area contributed by atoms with E-state index >= 15 is 0 Å². The van der Waals surface area contributed by atoms with Crippen molar-refractivity contribution in [2.45, 2.75) is 20.0 Å². The summed E-state index contributed by atoms with van der Waals surface area (Å²) >= 11 is 6.43. The van der Waals surface area contributed by atoms with Gasteiger partial charge >= 0.3 is 6.03 Å². The fourth-order valence-corrected chi connectivity index (χ4v) is 4.32. The van der Waals surface area contributed by atoms with Gasteiger partial charge in [0.15, 0.2) is 11.5 Å². The maximum atomic E-state index is 12.9. The average Bonchev–Trinajstić information content (AvgIpc) is 3.19. The molecule has 0 aliphatic carbocycles. The number of nitro groups is 1. The Morgan fingerprint density at radius 3 is 2.65 bits per heavy atom. The number of para-hydroxylation sites is 1. The molecule has 206 valence electrons. The predicted molar refractivity (Wildman–Crippen MR) is 148 cm³/mol. The fraction of sp³-hybridized carbons (Fsp3) is 0.179. The molecule has 0 spiro atoms. The van der Waals surface area contributed by atoms with Gasteiger partial charge in [-0.1, -0.05) is 48.9 Å². The zero-order chi connectivity index (χ0) is 28.8. The topological polar surface area (TPSA) is 140 Å². The third kappa shape index (κ3) is 6.38. The molecule has 12 heteroatoms. The number of ether oxygens (including phenoxy) is 2. The Morgan fingerprint density at radius 2 is 1.93 bits per heavy atom. The van der Waals surface area contributed by atoms with Crippen LogP contribution >= 0.6 is 11.6 Å². The Hall–Kier alpha value is -4.90. The first-order chi connectivity index (χ1) is 19.2. The molecule has 2 N–H and O–H groups in total. The van der Waals surface area contributed by atoms with Gasteiger partial charge in [0.25, 0.3) is 11.6 Å². The molecule has 11 nitrogen and oxygen atoms in total. The van der Waals surface area contributed by atoms with Crippen molar-refractivity contribution in [2.24, 2.45) is 0 Å². The summed E-state index contributed by atoms with van der Waals surface area (Å²) in [6, 6.07) is 15.6. The molecule has 3 aromatic rings. The summed E-state index contributed by atoms with van der Waals surface area (Å²) in [7, 11) is 1.41. The molecule has 1 fully saturated rings. The van der Waals surface area contributed by atoms with Crippen LogP contribution in [-0.2, 0) is 22.6 Å². The quantitative estimate of drug-likeness (QED) is 0.154. The molecule has 1 aliphatic heterocycles. The standard InChI is InChI=1S/C28H25ClN4O7/c1-3-19-8-4-5-10-22(19)30-25(34)15-32-27(35)23(31-28(32)36)13-18-12-21(29)26(24(14-18)39-2)40-16-17-7-6-9-20(11-17)33(37)38/h4-14H,3,15-16H2,1-2H3,(H,30,34)(H,31,36)/b23-13+. The normalized spacial score (nSPS) is 13.8. The van der Waals surface area contributed by atoms with Crippen molar-refractivity contribution in [1.82, 2.24) is 10.2 Å². The second kappa shape index (κ2) is 12.3. The zero-order valence-electron chi connectivity index (χ0n) is 21.6. The van der Waals surface area contributed by atoms with Gasteiger partial charge in [-0.05, 0) is 47.4 Å². The number of carbonyl (C=O) groups is 3. The van der Waals surface area contributed by atoms with Crippen LogP contribution in [0.4, 0.5) is 16.2 Å². The Kier molecular flexibility index (Phi) is 8.65. The molecule has 0 atom stereocenters. The van der Waals surface area contributed by atoms with E-state index in [1.807, 2.05) is 19.1 Å². The van der Waals surface area contributed by atoms with Crippen LogP contribution in [0.1, 0.15) is 23.6 Å². The lowest BCUT2D eigenvalue weighted by Gasteiger charge is -2.14. The van der Waals surface area contributed by atoms with Crippen LogP contribution in [0.5, 0.6) is 11.5 Å². The SMILES string of the molecule is CCc1ccccc1NC(=O)CN1C(=O)N/C(=C/c2cc(Cl)c(OCc3cccc([N+](=O)[O-])c3)c(OC)c2)C1=O. The lowest BCUT2D eigenvalue weighted by atomic mass is 10.1. The van der Waals surface area contributed by atoms with Crippen molar-refractivity contribution in [1.29, 1.82) is 0 Å². The van der Waals surface area contributed by atoms with E-state index < -0.39 is 29.3 Å². The van der Waals surface area contributed by atoms with Gasteiger partial charge in [-0.25, -0.2) is 9.69 Å². The van der Waals surface area contributed by atoms with E-state index in [0.717, 1.165) is 10.5 Å². The van der Waals surface area contributed by atoms with Crippen LogP contribution in [0.25, 0.3) is 6.08 Å². The molecule has 40 heavy (non-hydrogen) atoms. The minimum absolute atomic E-state index is 0.00745. The number of nitro benzene ring substituents is 1. The van der Waals surface area contributed by atoms with E-state index in [-0.39, 0.29) is 34.5 Å². The highest BCUT2D eigenvalue weighted by Gasteiger charge is 2.35. The van der Waals surface area contributed by atoms with Crippen molar-refractivity contribution in [2.75, 3.05) is 19.0 Å². The van der Waals surface area contributed by atoms with Gasteiger partial charge < -0.3 is 20.1 Å². The number of carbonyl (C=O) groups excluding carboxylic acids is 3. The lowest BCUT2D eigenvalue weighted by Crippen LogP contribution is -2.38. The maximum Gasteiger partial charge on any atom is 0.329 e. The van der Waals surface area contributed by atoms with Crippen LogP contribution in [0, 0.1) is 10.1 Å². The number of urea groups is 1. The minimum Gasteiger partial charge on any atom is -0.493 e. The second-order valence-corrected chi connectivity index (χ2v) is 9.10. The van der Waals surface area contributed by atoms with Gasteiger partial charge in [0.05, 0.1) is 17.1 Å².